The van der Waals surface area contributed by atoms with Crippen molar-refractivity contribution < 1.29 is 13.2 Å². The highest BCUT2D eigenvalue weighted by atomic mass is 35.5. The van der Waals surface area contributed by atoms with E-state index in [0.717, 1.165) is 19.3 Å². The molecule has 1 N–H and O–H groups in total. The van der Waals surface area contributed by atoms with Gasteiger partial charge in [-0.1, -0.05) is 47.8 Å². The van der Waals surface area contributed by atoms with E-state index >= 15 is 0 Å². The van der Waals surface area contributed by atoms with Crippen molar-refractivity contribution in [1.29, 1.82) is 0 Å². The average Bonchev–Trinajstić information content (AvgIpc) is 2.66. The van der Waals surface area contributed by atoms with Crippen LogP contribution in [0.5, 0.6) is 0 Å². The molecule has 138 valence electrons. The van der Waals surface area contributed by atoms with Crippen molar-refractivity contribution in [2.75, 3.05) is 18.4 Å². The summed E-state index contributed by atoms with van der Waals surface area (Å²) < 4.78 is 27.4. The molecule has 1 aliphatic rings. The Labute approximate surface area is 163 Å². The van der Waals surface area contributed by atoms with Gasteiger partial charge in [0.25, 0.3) is 5.91 Å². The third-order valence-electron chi connectivity index (χ3n) is 4.26. The first kappa shape index (κ1) is 19.2. The van der Waals surface area contributed by atoms with Gasteiger partial charge < -0.3 is 5.32 Å². The van der Waals surface area contributed by atoms with Gasteiger partial charge in [0.1, 0.15) is 0 Å². The number of amides is 1. The maximum atomic E-state index is 13.0. The van der Waals surface area contributed by atoms with E-state index in [-0.39, 0.29) is 15.5 Å². The first-order valence-electron chi connectivity index (χ1n) is 8.26. The van der Waals surface area contributed by atoms with Crippen molar-refractivity contribution in [2.24, 2.45) is 0 Å². The van der Waals surface area contributed by atoms with Gasteiger partial charge in [-0.3, -0.25) is 4.79 Å². The number of nitrogens with one attached hydrogen (secondary N) is 1. The zero-order valence-electron chi connectivity index (χ0n) is 13.9. The molecule has 0 saturated carbocycles. The lowest BCUT2D eigenvalue weighted by Crippen LogP contribution is -2.36. The second-order valence-electron chi connectivity index (χ2n) is 6.02. The van der Waals surface area contributed by atoms with Gasteiger partial charge >= 0.3 is 0 Å². The summed E-state index contributed by atoms with van der Waals surface area (Å²) in [6.45, 7) is 0.941. The lowest BCUT2D eigenvalue weighted by molar-refractivity contribution is 0.102. The quantitative estimate of drug-likeness (QED) is 0.807. The summed E-state index contributed by atoms with van der Waals surface area (Å²) in [6, 6.07) is 11.1. The van der Waals surface area contributed by atoms with E-state index in [1.807, 2.05) is 0 Å². The standard InChI is InChI=1S/C18H18Cl2N2O3S/c19-14-8-6-9-15(17(14)20)21-18(23)13-7-2-3-10-16(13)26(24,25)22-11-4-1-5-12-22/h2-3,6-10H,1,4-5,11-12H2,(H,21,23). The fourth-order valence-electron chi connectivity index (χ4n) is 2.91. The number of carbonyl (C=O) groups is 1. The first-order valence-corrected chi connectivity index (χ1v) is 10.5. The molecule has 8 heteroatoms. The molecule has 2 aromatic carbocycles. The SMILES string of the molecule is O=C(Nc1cccc(Cl)c1Cl)c1ccccc1S(=O)(=O)N1CCCCC1. The summed E-state index contributed by atoms with van der Waals surface area (Å²) in [4.78, 5) is 12.7. The van der Waals surface area contributed by atoms with Crippen molar-refractivity contribution in [1.82, 2.24) is 4.31 Å². The van der Waals surface area contributed by atoms with Gasteiger partial charge in [0.2, 0.25) is 10.0 Å². The number of halogens is 2. The van der Waals surface area contributed by atoms with Crippen molar-refractivity contribution in [3.63, 3.8) is 0 Å². The largest absolute Gasteiger partial charge is 0.321 e. The van der Waals surface area contributed by atoms with Crippen molar-refractivity contribution in [3.05, 3.63) is 58.1 Å². The number of anilines is 1. The molecule has 1 amide bonds. The average molecular weight is 413 g/mol. The van der Waals surface area contributed by atoms with Crippen LogP contribution in [0.2, 0.25) is 10.0 Å². The number of rotatable bonds is 4. The number of hydrogen-bond donors (Lipinski definition) is 1. The Balaban J connectivity index is 1.94. The Morgan fingerprint density at radius 1 is 0.962 bits per heavy atom. The minimum atomic E-state index is -3.73. The van der Waals surface area contributed by atoms with Crippen LogP contribution in [0.3, 0.4) is 0 Å². The molecule has 0 spiro atoms. The molecule has 2 aromatic rings. The number of carbonyl (C=O) groups excluding carboxylic acids is 1. The van der Waals surface area contributed by atoms with E-state index in [2.05, 4.69) is 5.32 Å². The third kappa shape index (κ3) is 3.88. The van der Waals surface area contributed by atoms with Crippen molar-refractivity contribution in [3.8, 4) is 0 Å². The normalized spacial score (nSPS) is 15.6. The maximum Gasteiger partial charge on any atom is 0.257 e. The Morgan fingerprint density at radius 3 is 2.38 bits per heavy atom. The maximum absolute atomic E-state index is 13.0. The number of piperidine rings is 1. The van der Waals surface area contributed by atoms with Crippen LogP contribution in [-0.4, -0.2) is 31.7 Å². The lowest BCUT2D eigenvalue weighted by Gasteiger charge is -2.26. The molecule has 1 heterocycles. The van der Waals surface area contributed by atoms with Crippen LogP contribution in [0.15, 0.2) is 47.4 Å². The van der Waals surface area contributed by atoms with E-state index in [9.17, 15) is 13.2 Å². The van der Waals surface area contributed by atoms with E-state index in [1.165, 1.54) is 16.4 Å². The lowest BCUT2D eigenvalue weighted by atomic mass is 10.2. The minimum absolute atomic E-state index is 0.00227. The van der Waals surface area contributed by atoms with Crippen LogP contribution in [0.25, 0.3) is 0 Å². The van der Waals surface area contributed by atoms with Gasteiger partial charge in [-0.2, -0.15) is 4.31 Å². The van der Waals surface area contributed by atoms with Crippen LogP contribution in [0.1, 0.15) is 29.6 Å². The zero-order chi connectivity index (χ0) is 18.7. The van der Waals surface area contributed by atoms with Crippen LogP contribution in [0, 0.1) is 0 Å². The van der Waals surface area contributed by atoms with Crippen LogP contribution < -0.4 is 5.32 Å². The van der Waals surface area contributed by atoms with Crippen LogP contribution >= 0.6 is 23.2 Å². The molecule has 1 aliphatic heterocycles. The fourth-order valence-corrected chi connectivity index (χ4v) is 4.97. The molecule has 0 bridgehead atoms. The van der Waals surface area contributed by atoms with E-state index < -0.39 is 15.9 Å². The van der Waals surface area contributed by atoms with Crippen LogP contribution in [-0.2, 0) is 10.0 Å². The molecule has 1 saturated heterocycles. The topological polar surface area (TPSA) is 66.5 Å². The third-order valence-corrected chi connectivity index (χ3v) is 7.04. The van der Waals surface area contributed by atoms with E-state index in [1.54, 1.807) is 30.3 Å². The van der Waals surface area contributed by atoms with Gasteiger partial charge in [0.05, 0.1) is 26.2 Å². The van der Waals surface area contributed by atoms with Crippen LogP contribution in [0.4, 0.5) is 5.69 Å². The Kier molecular flexibility index (Phi) is 5.87. The number of nitrogens with zero attached hydrogens (tertiary/aromatic N) is 1. The highest BCUT2D eigenvalue weighted by Gasteiger charge is 2.29. The summed E-state index contributed by atoms with van der Waals surface area (Å²) in [5.74, 6) is -0.551. The zero-order valence-corrected chi connectivity index (χ0v) is 16.2. The molecule has 0 atom stereocenters. The van der Waals surface area contributed by atoms with Crippen molar-refractivity contribution >= 4 is 44.8 Å². The van der Waals surface area contributed by atoms with E-state index in [0.29, 0.717) is 23.8 Å². The van der Waals surface area contributed by atoms with Gasteiger partial charge in [-0.15, -0.1) is 0 Å². The number of sulfonamides is 1. The predicted octanol–water partition coefficient (Wildman–Crippen LogP) is 4.42. The van der Waals surface area contributed by atoms with Gasteiger partial charge in [0.15, 0.2) is 0 Å². The Hall–Kier alpha value is -1.60. The van der Waals surface area contributed by atoms with Gasteiger partial charge in [-0.25, -0.2) is 8.42 Å². The molecule has 26 heavy (non-hydrogen) atoms. The second-order valence-corrected chi connectivity index (χ2v) is 8.71. The number of benzene rings is 2. The first-order chi connectivity index (χ1) is 12.4. The predicted molar refractivity (Wildman–Crippen MR) is 103 cm³/mol. The summed E-state index contributed by atoms with van der Waals surface area (Å²) in [5.41, 5.74) is 0.406. The number of hydrogen-bond acceptors (Lipinski definition) is 3. The molecular weight excluding hydrogens is 395 g/mol. The summed E-state index contributed by atoms with van der Waals surface area (Å²) >= 11 is 12.1. The molecular formula is C18H18Cl2N2O3S. The van der Waals surface area contributed by atoms with Crippen molar-refractivity contribution in [2.45, 2.75) is 24.2 Å². The Morgan fingerprint density at radius 2 is 1.65 bits per heavy atom. The molecule has 0 aromatic heterocycles. The van der Waals surface area contributed by atoms with E-state index in [4.69, 9.17) is 23.2 Å². The highest BCUT2D eigenvalue weighted by Crippen LogP contribution is 2.30. The summed E-state index contributed by atoms with van der Waals surface area (Å²) in [6.07, 6.45) is 2.67. The molecule has 0 aliphatic carbocycles. The molecule has 5 nitrogen and oxygen atoms in total. The molecule has 0 unspecified atom stereocenters. The van der Waals surface area contributed by atoms with Gasteiger partial charge in [-0.05, 0) is 37.1 Å². The Bertz CT molecular complexity index is 926. The summed E-state index contributed by atoms with van der Waals surface area (Å²) in [5, 5.41) is 3.16. The molecule has 1 fully saturated rings. The molecule has 0 radical (unpaired) electrons. The second kappa shape index (κ2) is 7.96. The minimum Gasteiger partial charge on any atom is -0.321 e. The monoisotopic (exact) mass is 412 g/mol. The summed E-state index contributed by atoms with van der Waals surface area (Å²) in [7, 11) is -3.73. The smallest absolute Gasteiger partial charge is 0.257 e. The highest BCUT2D eigenvalue weighted by molar-refractivity contribution is 7.89. The fraction of sp³-hybridized carbons (Fsp3) is 0.278. The van der Waals surface area contributed by atoms with Gasteiger partial charge in [0, 0.05) is 13.1 Å². The molecule has 3 rings (SSSR count).